The highest BCUT2D eigenvalue weighted by atomic mass is 16.7. The number of pyridine rings is 1. The standard InChI is InChI=1S/C59H95N3O19/c1-16-44-59(12,71)51(66)35(6)47(60-75-18-3)33(4)30-57(10,70)52(81-56-49(65)43(61(13)14)28-34(5)76-56)36(7)50(37(8)55(69)78-44)80-46-31-58(11,72-15)53(38(9)77-46)79-45(63)23-25-74-27-26-73-24-19-20-39-21-22-42-40(29-39)48(64)41(54(67)68)32-62(42)17-2/h21-22,29,32-38,43-44,46,49-53,56,65-66,70-71H,16-20,23-28,30-31H2,1-15H3,(H,67,68)/t33-,34-,35+,36+,37-,38+,43+,44-,46?,49-,50+,51-,52-,53+,56?,57-,58-,59-/m1/s1. The van der Waals surface area contributed by atoms with Crippen molar-refractivity contribution in [1.29, 1.82) is 0 Å². The molecule has 0 saturated carbocycles. The monoisotopic (exact) mass is 1150 g/mol. The smallest absolute Gasteiger partial charge is 0.341 e. The number of likely N-dealkylation sites (N-methyl/N-ethyl adjacent to an activating group) is 1. The number of fused-ring (bicyclic) bond motifs is 1. The lowest BCUT2D eigenvalue weighted by molar-refractivity contribution is -0.318. The van der Waals surface area contributed by atoms with Crippen molar-refractivity contribution in [2.24, 2.45) is 28.8 Å². The van der Waals surface area contributed by atoms with E-state index in [1.165, 1.54) is 20.2 Å². The number of rotatable bonds is 22. The number of esters is 2. The fourth-order valence-corrected chi connectivity index (χ4v) is 12.0. The lowest BCUT2D eigenvalue weighted by atomic mass is 9.73. The van der Waals surface area contributed by atoms with Gasteiger partial charge in [-0.15, -0.1) is 0 Å². The van der Waals surface area contributed by atoms with Crippen LogP contribution in [0.2, 0.25) is 0 Å². The maximum Gasteiger partial charge on any atom is 0.341 e. The highest BCUT2D eigenvalue weighted by Gasteiger charge is 2.54. The number of cyclic esters (lactones) is 1. The maximum absolute atomic E-state index is 14.6. The Bertz CT molecular complexity index is 2470. The van der Waals surface area contributed by atoms with Crippen molar-refractivity contribution in [3.63, 3.8) is 0 Å². The van der Waals surface area contributed by atoms with Gasteiger partial charge in [0.1, 0.15) is 35.6 Å². The fraction of sp³-hybridized carbons (Fsp3) is 0.780. The summed E-state index contributed by atoms with van der Waals surface area (Å²) in [7, 11) is 5.19. The summed E-state index contributed by atoms with van der Waals surface area (Å²) in [4.78, 5) is 60.1. The number of hydrogen-bond donors (Lipinski definition) is 5. The van der Waals surface area contributed by atoms with Crippen LogP contribution in [-0.2, 0) is 70.0 Å². The number of aryl methyl sites for hydroxylation is 2. The Kier molecular flexibility index (Phi) is 24.7. The molecule has 0 bridgehead atoms. The van der Waals surface area contributed by atoms with Crippen molar-refractivity contribution in [3.05, 3.63) is 45.7 Å². The van der Waals surface area contributed by atoms with Gasteiger partial charge in [0.05, 0.1) is 79.5 Å². The molecule has 3 saturated heterocycles. The van der Waals surface area contributed by atoms with E-state index in [0.717, 1.165) is 5.56 Å². The summed E-state index contributed by atoms with van der Waals surface area (Å²) in [6, 6.07) is 5.13. The minimum atomic E-state index is -1.98. The summed E-state index contributed by atoms with van der Waals surface area (Å²) in [5.74, 6) is -6.07. The Morgan fingerprint density at radius 1 is 0.889 bits per heavy atom. The number of aromatic nitrogens is 1. The van der Waals surface area contributed by atoms with E-state index in [4.69, 9.17) is 47.5 Å². The topological polar surface area (TPSA) is 282 Å². The summed E-state index contributed by atoms with van der Waals surface area (Å²) >= 11 is 0. The average molecular weight is 1150 g/mol. The van der Waals surface area contributed by atoms with Crippen LogP contribution >= 0.6 is 0 Å². The highest BCUT2D eigenvalue weighted by Crippen LogP contribution is 2.42. The van der Waals surface area contributed by atoms with Crippen molar-refractivity contribution in [1.82, 2.24) is 9.47 Å². The van der Waals surface area contributed by atoms with Crippen molar-refractivity contribution in [2.75, 3.05) is 54.2 Å². The molecule has 0 aliphatic carbocycles. The molecule has 0 amide bonds. The van der Waals surface area contributed by atoms with Crippen molar-refractivity contribution in [2.45, 2.75) is 219 Å². The molecule has 5 rings (SSSR count). The zero-order valence-corrected chi connectivity index (χ0v) is 50.5. The van der Waals surface area contributed by atoms with E-state index in [-0.39, 0.29) is 69.8 Å². The molecular weight excluding hydrogens is 1050 g/mol. The second-order valence-corrected chi connectivity index (χ2v) is 23.4. The molecule has 3 aliphatic heterocycles. The van der Waals surface area contributed by atoms with Crippen molar-refractivity contribution in [3.8, 4) is 0 Å². The normalized spacial score (nSPS) is 36.1. The minimum absolute atomic E-state index is 0.00866. The van der Waals surface area contributed by atoms with Gasteiger partial charge in [-0.05, 0) is 119 Å². The molecule has 3 aliphatic rings. The van der Waals surface area contributed by atoms with Crippen LogP contribution in [0.4, 0.5) is 0 Å². The lowest BCUT2D eigenvalue weighted by Gasteiger charge is -2.49. The number of carboxylic acids is 1. The highest BCUT2D eigenvalue weighted by molar-refractivity contribution is 5.92. The number of aliphatic hydroxyl groups is 4. The zero-order chi connectivity index (χ0) is 60.3. The second kappa shape index (κ2) is 29.6. The summed E-state index contributed by atoms with van der Waals surface area (Å²) in [5, 5.41) is 63.0. The van der Waals surface area contributed by atoms with Crippen LogP contribution in [0.15, 0.2) is 34.3 Å². The fourth-order valence-electron chi connectivity index (χ4n) is 12.0. The molecule has 4 heterocycles. The van der Waals surface area contributed by atoms with Crippen LogP contribution < -0.4 is 5.43 Å². The van der Waals surface area contributed by atoms with Gasteiger partial charge in [-0.2, -0.15) is 0 Å². The first-order chi connectivity index (χ1) is 38.1. The van der Waals surface area contributed by atoms with Gasteiger partial charge in [0.15, 0.2) is 18.7 Å². The van der Waals surface area contributed by atoms with Gasteiger partial charge in [0.25, 0.3) is 0 Å². The number of ether oxygens (including phenoxy) is 9. The van der Waals surface area contributed by atoms with Crippen LogP contribution in [0.25, 0.3) is 10.9 Å². The Morgan fingerprint density at radius 2 is 1.57 bits per heavy atom. The number of carbonyl (C=O) groups excluding carboxylic acids is 2. The van der Waals surface area contributed by atoms with Gasteiger partial charge in [-0.1, -0.05) is 38.9 Å². The molecule has 22 nitrogen and oxygen atoms in total. The molecule has 460 valence electrons. The second-order valence-electron chi connectivity index (χ2n) is 23.4. The Hall–Kier alpha value is -4.17. The first-order valence-electron chi connectivity index (χ1n) is 28.9. The summed E-state index contributed by atoms with van der Waals surface area (Å²) in [6.45, 7) is 22.3. The molecule has 22 heteroatoms. The van der Waals surface area contributed by atoms with Gasteiger partial charge in [0, 0.05) is 62.1 Å². The third-order valence-electron chi connectivity index (χ3n) is 16.7. The number of carbonyl (C=O) groups is 3. The zero-order valence-electron chi connectivity index (χ0n) is 50.5. The van der Waals surface area contributed by atoms with Crippen LogP contribution in [0, 0.1) is 23.7 Å². The van der Waals surface area contributed by atoms with E-state index in [9.17, 15) is 44.7 Å². The number of aliphatic hydroxyl groups excluding tert-OH is 2. The first-order valence-corrected chi connectivity index (χ1v) is 28.9. The molecular formula is C59H95N3O19. The SMILES string of the molecule is CCON=C1[C@H](C)C[C@@](C)(O)[C@H](OC2O[C@H](C)C[C@H](N(C)C)[C@H]2O)[C@@H](C)[C@H](OC2C[C@@](C)(OC)[C@@H](OC(=O)CCOCCOCCCc3ccc4c(c3)c(=O)c(C(=O)O)cn4CC)[C@H](C)O2)[C@@H](C)C(=O)O[C@H](CC)[C@@](C)(O)[C@H](O)[C@H]1C. The predicted molar refractivity (Wildman–Crippen MR) is 300 cm³/mol. The largest absolute Gasteiger partial charge is 0.477 e. The van der Waals surface area contributed by atoms with Gasteiger partial charge < -0.3 is 82.5 Å². The molecule has 3 fully saturated rings. The molecule has 5 N–H and O–H groups in total. The van der Waals surface area contributed by atoms with Crippen molar-refractivity contribution >= 4 is 34.5 Å². The number of methoxy groups -OCH3 is 1. The quantitative estimate of drug-likeness (QED) is 0.0572. The summed E-state index contributed by atoms with van der Waals surface area (Å²) in [5.41, 5.74) is -3.84. The van der Waals surface area contributed by atoms with Crippen molar-refractivity contribution < 1.29 is 87.4 Å². The number of benzene rings is 1. The third-order valence-corrected chi connectivity index (χ3v) is 16.7. The molecule has 0 radical (unpaired) electrons. The number of hydrogen-bond acceptors (Lipinski definition) is 20. The molecule has 2 aromatic rings. The first kappa shape index (κ1) is 67.6. The molecule has 81 heavy (non-hydrogen) atoms. The third kappa shape index (κ3) is 16.6. The van der Waals surface area contributed by atoms with E-state index in [1.807, 2.05) is 51.9 Å². The van der Waals surface area contributed by atoms with Crippen LogP contribution in [0.5, 0.6) is 0 Å². The Morgan fingerprint density at radius 3 is 2.19 bits per heavy atom. The molecule has 0 spiro atoms. The molecule has 18 atom stereocenters. The Balaban J connectivity index is 1.29. The van der Waals surface area contributed by atoms with Gasteiger partial charge in [-0.25, -0.2) is 4.79 Å². The molecule has 1 aromatic carbocycles. The van der Waals surface area contributed by atoms with Gasteiger partial charge in [-0.3, -0.25) is 14.4 Å². The minimum Gasteiger partial charge on any atom is -0.477 e. The van der Waals surface area contributed by atoms with E-state index >= 15 is 0 Å². The number of nitrogens with zero attached hydrogens (tertiary/aromatic N) is 3. The number of aromatic carboxylic acids is 1. The Labute approximate surface area is 477 Å². The summed E-state index contributed by atoms with van der Waals surface area (Å²) < 4.78 is 58.0. The van der Waals surface area contributed by atoms with Gasteiger partial charge in [0.2, 0.25) is 5.43 Å². The lowest BCUT2D eigenvalue weighted by Crippen LogP contribution is -2.61. The summed E-state index contributed by atoms with van der Waals surface area (Å²) in [6.07, 6.45) is -7.48. The number of oxime groups is 1. The number of carboxylic acid groups (broad SMARTS) is 1. The van der Waals surface area contributed by atoms with E-state index in [1.54, 1.807) is 66.0 Å². The van der Waals surface area contributed by atoms with E-state index < -0.39 is 119 Å². The van der Waals surface area contributed by atoms with E-state index in [2.05, 4.69) is 5.16 Å². The maximum atomic E-state index is 14.6. The predicted octanol–water partition coefficient (Wildman–Crippen LogP) is 5.25. The molecule has 2 unspecified atom stereocenters. The van der Waals surface area contributed by atoms with E-state index in [0.29, 0.717) is 49.0 Å². The average Bonchev–Trinajstić information content (AvgIpc) is 3.48. The molecule has 1 aromatic heterocycles. The van der Waals surface area contributed by atoms with Crippen LogP contribution in [0.1, 0.15) is 138 Å². The van der Waals surface area contributed by atoms with Gasteiger partial charge >= 0.3 is 17.9 Å². The van der Waals surface area contributed by atoms with Crippen LogP contribution in [-0.4, -0.2) is 197 Å². The van der Waals surface area contributed by atoms with Crippen LogP contribution in [0.3, 0.4) is 0 Å².